The van der Waals surface area contributed by atoms with Crippen molar-refractivity contribution in [1.82, 2.24) is 14.5 Å². The summed E-state index contributed by atoms with van der Waals surface area (Å²) in [5.74, 6) is 1.39. The van der Waals surface area contributed by atoms with Gasteiger partial charge in [0.25, 0.3) is 0 Å². The molecule has 4 rings (SSSR count). The largest absolute Gasteiger partial charge is 0.486 e. The summed E-state index contributed by atoms with van der Waals surface area (Å²) >= 11 is 0. The Bertz CT molecular complexity index is 1050. The SMILES string of the molecule is Cc1ccc(S(=O)(=O)N2CCC(NC(=O)N(C)C[C@@H]3COc4ccccc4O3)CC2)cc1. The van der Waals surface area contributed by atoms with Gasteiger partial charge in [-0.15, -0.1) is 0 Å². The minimum absolute atomic E-state index is 0.0707. The summed E-state index contributed by atoms with van der Waals surface area (Å²) in [6.45, 7) is 3.45. The van der Waals surface area contributed by atoms with Crippen LogP contribution in [0.5, 0.6) is 11.5 Å². The Hall–Kier alpha value is -2.78. The molecule has 2 aromatic carbocycles. The third-order valence-electron chi connectivity index (χ3n) is 5.83. The maximum Gasteiger partial charge on any atom is 0.317 e. The molecule has 2 aliphatic rings. The lowest BCUT2D eigenvalue weighted by atomic mass is 10.1. The highest BCUT2D eigenvalue weighted by Crippen LogP contribution is 2.31. The second-order valence-corrected chi connectivity index (χ2v) is 10.3. The summed E-state index contributed by atoms with van der Waals surface area (Å²) < 4.78 is 38.8. The molecule has 2 aromatic rings. The molecular weight excluding hydrogens is 430 g/mol. The normalized spacial score (nSPS) is 19.4. The van der Waals surface area contributed by atoms with Gasteiger partial charge in [-0.3, -0.25) is 0 Å². The molecule has 1 saturated heterocycles. The molecule has 2 amide bonds. The lowest BCUT2D eigenvalue weighted by molar-refractivity contribution is 0.0709. The molecule has 0 aromatic heterocycles. The van der Waals surface area contributed by atoms with Crippen LogP contribution < -0.4 is 14.8 Å². The zero-order chi connectivity index (χ0) is 22.7. The molecule has 0 aliphatic carbocycles. The van der Waals surface area contributed by atoms with Crippen LogP contribution in [0.25, 0.3) is 0 Å². The first-order valence-electron chi connectivity index (χ1n) is 10.8. The Labute approximate surface area is 189 Å². The van der Waals surface area contributed by atoms with Gasteiger partial charge in [0.15, 0.2) is 17.6 Å². The summed E-state index contributed by atoms with van der Waals surface area (Å²) in [5, 5.41) is 3.02. The Morgan fingerprint density at radius 1 is 1.09 bits per heavy atom. The maximum atomic E-state index is 12.8. The molecule has 8 nitrogen and oxygen atoms in total. The first-order chi connectivity index (χ1) is 15.3. The molecule has 0 saturated carbocycles. The van der Waals surface area contributed by atoms with Crippen molar-refractivity contribution in [2.24, 2.45) is 0 Å². The van der Waals surface area contributed by atoms with E-state index >= 15 is 0 Å². The number of piperidine rings is 1. The average molecular weight is 460 g/mol. The molecule has 1 fully saturated rings. The van der Waals surface area contributed by atoms with E-state index in [0.717, 1.165) is 5.56 Å². The number of sulfonamides is 1. The van der Waals surface area contributed by atoms with Gasteiger partial charge in [-0.05, 0) is 44.0 Å². The number of hydrogen-bond donors (Lipinski definition) is 1. The number of benzene rings is 2. The number of nitrogens with one attached hydrogen (secondary N) is 1. The summed E-state index contributed by atoms with van der Waals surface area (Å²) in [7, 11) is -1.79. The van der Waals surface area contributed by atoms with E-state index < -0.39 is 10.0 Å². The van der Waals surface area contributed by atoms with Crippen molar-refractivity contribution in [3.8, 4) is 11.5 Å². The number of ether oxygens (including phenoxy) is 2. The average Bonchev–Trinajstić information content (AvgIpc) is 2.79. The van der Waals surface area contributed by atoms with E-state index in [1.165, 1.54) is 4.31 Å². The van der Waals surface area contributed by atoms with Gasteiger partial charge in [-0.2, -0.15) is 4.31 Å². The summed E-state index contributed by atoms with van der Waals surface area (Å²) in [6, 6.07) is 14.1. The van der Waals surface area contributed by atoms with Gasteiger partial charge in [0.05, 0.1) is 11.4 Å². The standard InChI is InChI=1S/C23H29N3O5S/c1-17-7-9-20(10-8-17)32(28,29)26-13-11-18(12-14-26)24-23(27)25(2)15-19-16-30-21-5-3-4-6-22(21)31-19/h3-10,18-19H,11-16H2,1-2H3,(H,24,27)/t19-/m1/s1. The Balaban J connectivity index is 1.26. The predicted molar refractivity (Wildman–Crippen MR) is 120 cm³/mol. The fourth-order valence-electron chi connectivity index (χ4n) is 3.93. The first kappa shape index (κ1) is 22.4. The van der Waals surface area contributed by atoms with Gasteiger partial charge >= 0.3 is 6.03 Å². The maximum absolute atomic E-state index is 12.8. The van der Waals surface area contributed by atoms with Crippen LogP contribution in [-0.4, -0.2) is 69.1 Å². The minimum atomic E-state index is -3.51. The van der Waals surface area contributed by atoms with Gasteiger partial charge in [0.2, 0.25) is 10.0 Å². The Kier molecular flexibility index (Phi) is 6.57. The first-order valence-corrected chi connectivity index (χ1v) is 12.2. The Morgan fingerprint density at radius 2 is 1.75 bits per heavy atom. The number of aryl methyl sites for hydroxylation is 1. The molecule has 0 unspecified atom stereocenters. The number of likely N-dealkylation sites (N-methyl/N-ethyl adjacent to an activating group) is 1. The van der Waals surface area contributed by atoms with Crippen molar-refractivity contribution in [1.29, 1.82) is 0 Å². The van der Waals surface area contributed by atoms with Crippen LogP contribution in [0.2, 0.25) is 0 Å². The van der Waals surface area contributed by atoms with Crippen LogP contribution in [0.1, 0.15) is 18.4 Å². The second-order valence-electron chi connectivity index (χ2n) is 8.32. The highest BCUT2D eigenvalue weighted by Gasteiger charge is 2.31. The fourth-order valence-corrected chi connectivity index (χ4v) is 5.40. The van der Waals surface area contributed by atoms with Crippen molar-refractivity contribution in [2.45, 2.75) is 36.8 Å². The summed E-state index contributed by atoms with van der Waals surface area (Å²) in [6.07, 6.45) is 0.893. The molecule has 1 atom stereocenters. The summed E-state index contributed by atoms with van der Waals surface area (Å²) in [4.78, 5) is 14.5. The van der Waals surface area contributed by atoms with Crippen LogP contribution in [0.4, 0.5) is 4.79 Å². The van der Waals surface area contributed by atoms with E-state index in [1.54, 1.807) is 36.2 Å². The van der Waals surface area contributed by atoms with Gasteiger partial charge in [-0.25, -0.2) is 13.2 Å². The Morgan fingerprint density at radius 3 is 2.44 bits per heavy atom. The fraction of sp³-hybridized carbons (Fsp3) is 0.435. The van der Waals surface area contributed by atoms with E-state index in [9.17, 15) is 13.2 Å². The number of nitrogens with zero attached hydrogens (tertiary/aromatic N) is 2. The van der Waals surface area contributed by atoms with Crippen molar-refractivity contribution < 1.29 is 22.7 Å². The van der Waals surface area contributed by atoms with E-state index in [2.05, 4.69) is 5.32 Å². The zero-order valence-corrected chi connectivity index (χ0v) is 19.2. The lowest BCUT2D eigenvalue weighted by Crippen LogP contribution is -2.51. The zero-order valence-electron chi connectivity index (χ0n) is 18.4. The molecule has 172 valence electrons. The molecule has 32 heavy (non-hydrogen) atoms. The number of para-hydroxylation sites is 2. The number of urea groups is 1. The van der Waals surface area contributed by atoms with Crippen molar-refractivity contribution in [2.75, 3.05) is 33.3 Å². The van der Waals surface area contributed by atoms with Crippen molar-refractivity contribution in [3.05, 3.63) is 54.1 Å². The topological polar surface area (TPSA) is 88.2 Å². The van der Waals surface area contributed by atoms with Crippen LogP contribution in [0.15, 0.2) is 53.4 Å². The summed E-state index contributed by atoms with van der Waals surface area (Å²) in [5.41, 5.74) is 1.02. The second kappa shape index (κ2) is 9.38. The number of fused-ring (bicyclic) bond motifs is 1. The molecule has 0 radical (unpaired) electrons. The predicted octanol–water partition coefficient (Wildman–Crippen LogP) is 2.63. The minimum Gasteiger partial charge on any atom is -0.486 e. The molecule has 0 spiro atoms. The number of hydrogen-bond acceptors (Lipinski definition) is 5. The van der Waals surface area contributed by atoms with Crippen LogP contribution in [0.3, 0.4) is 0 Å². The molecule has 2 aliphatic heterocycles. The van der Waals surface area contributed by atoms with E-state index in [4.69, 9.17) is 9.47 Å². The number of carbonyl (C=O) groups excluding carboxylic acids is 1. The monoisotopic (exact) mass is 459 g/mol. The van der Waals surface area contributed by atoms with E-state index in [0.29, 0.717) is 55.5 Å². The number of amides is 2. The lowest BCUT2D eigenvalue weighted by Gasteiger charge is -2.33. The smallest absolute Gasteiger partial charge is 0.317 e. The third kappa shape index (κ3) is 4.99. The molecule has 2 heterocycles. The highest BCUT2D eigenvalue weighted by atomic mass is 32.2. The molecule has 9 heteroatoms. The highest BCUT2D eigenvalue weighted by molar-refractivity contribution is 7.89. The van der Waals surface area contributed by atoms with Gasteiger partial charge in [0, 0.05) is 26.2 Å². The quantitative estimate of drug-likeness (QED) is 0.743. The van der Waals surface area contributed by atoms with Crippen LogP contribution in [0, 0.1) is 6.92 Å². The van der Waals surface area contributed by atoms with Crippen LogP contribution >= 0.6 is 0 Å². The number of rotatable bonds is 5. The van der Waals surface area contributed by atoms with E-state index in [-0.39, 0.29) is 18.2 Å². The van der Waals surface area contributed by atoms with Crippen LogP contribution in [-0.2, 0) is 10.0 Å². The van der Waals surface area contributed by atoms with Gasteiger partial charge < -0.3 is 19.7 Å². The van der Waals surface area contributed by atoms with E-state index in [1.807, 2.05) is 31.2 Å². The number of carbonyl (C=O) groups is 1. The molecular formula is C23H29N3O5S. The van der Waals surface area contributed by atoms with Crippen molar-refractivity contribution in [3.63, 3.8) is 0 Å². The van der Waals surface area contributed by atoms with Gasteiger partial charge in [-0.1, -0.05) is 29.8 Å². The van der Waals surface area contributed by atoms with Gasteiger partial charge in [0.1, 0.15) is 6.61 Å². The third-order valence-corrected chi connectivity index (χ3v) is 7.74. The van der Waals surface area contributed by atoms with Crippen molar-refractivity contribution >= 4 is 16.1 Å². The molecule has 0 bridgehead atoms. The molecule has 1 N–H and O–H groups in total.